The van der Waals surface area contributed by atoms with Gasteiger partial charge in [-0.3, -0.25) is 4.48 Å². The Bertz CT molecular complexity index is 524. The Balaban J connectivity index is 0. The van der Waals surface area contributed by atoms with E-state index in [-0.39, 0.29) is 4.70 Å². The lowest BCUT2D eigenvalue weighted by atomic mass is 10.0. The van der Waals surface area contributed by atoms with Crippen molar-refractivity contribution in [2.75, 3.05) is 20.6 Å². The molecule has 0 aliphatic rings. The molecule has 0 aromatic heterocycles. The number of nitrogens with zero attached hydrogens (tertiary/aromatic N) is 1. The highest BCUT2D eigenvalue weighted by atomic mass is 19.0. The lowest BCUT2D eigenvalue weighted by molar-refractivity contribution is -0.832. The minimum absolute atomic E-state index is 0. The van der Waals surface area contributed by atoms with Gasteiger partial charge in [0, 0.05) is 0 Å². The molecule has 0 spiro atoms. The second kappa shape index (κ2) is 35.6. The first kappa shape index (κ1) is 42.5. The van der Waals surface area contributed by atoms with E-state index in [4.69, 9.17) is 0 Å². The van der Waals surface area contributed by atoms with E-state index in [0.29, 0.717) is 0 Å². The molecule has 0 aliphatic carbocycles. The fourth-order valence-electron chi connectivity index (χ4n) is 5.80. The summed E-state index contributed by atoms with van der Waals surface area (Å²) in [6, 6.07) is 0. The van der Waals surface area contributed by atoms with Crippen LogP contribution in [0.1, 0.15) is 206 Å². The molecule has 41 heavy (non-hydrogen) atoms. The minimum atomic E-state index is 0. The first-order valence-electron chi connectivity index (χ1n) is 18.8. The quantitative estimate of drug-likeness (QED) is 0.0412. The normalized spacial score (nSPS) is 12.1. The summed E-state index contributed by atoms with van der Waals surface area (Å²) in [5.41, 5.74) is 0. The van der Waals surface area contributed by atoms with Crippen LogP contribution in [0.15, 0.2) is 24.4 Å². The molecule has 1 nitrogen and oxygen atoms in total. The molecule has 0 rings (SSSR count). The Morgan fingerprint density at radius 3 is 0.927 bits per heavy atom. The van der Waals surface area contributed by atoms with Crippen LogP contribution in [0, 0.1) is 0 Å². The van der Waals surface area contributed by atoms with Crippen molar-refractivity contribution in [3.8, 4) is 0 Å². The van der Waals surface area contributed by atoms with E-state index in [9.17, 15) is 0 Å². The van der Waals surface area contributed by atoms with Gasteiger partial charge in [-0.05, 0) is 37.8 Å². The summed E-state index contributed by atoms with van der Waals surface area (Å²) in [7, 11) is 4.66. The van der Waals surface area contributed by atoms with Crippen molar-refractivity contribution < 1.29 is 9.19 Å². The van der Waals surface area contributed by atoms with Crippen molar-refractivity contribution in [3.63, 3.8) is 0 Å². The Labute approximate surface area is 260 Å². The van der Waals surface area contributed by atoms with Crippen LogP contribution in [0.3, 0.4) is 0 Å². The van der Waals surface area contributed by atoms with Crippen LogP contribution < -0.4 is 4.70 Å². The zero-order valence-corrected chi connectivity index (χ0v) is 29.1. The van der Waals surface area contributed by atoms with Gasteiger partial charge < -0.3 is 4.70 Å². The molecule has 0 aromatic rings. The Hall–Kier alpha value is -0.630. The largest absolute Gasteiger partial charge is 1.00 e. The van der Waals surface area contributed by atoms with Gasteiger partial charge in [0.05, 0.1) is 20.3 Å². The van der Waals surface area contributed by atoms with Gasteiger partial charge in [-0.1, -0.05) is 187 Å². The number of allylic oxidation sites excluding steroid dienone is 2. The van der Waals surface area contributed by atoms with E-state index in [1.807, 2.05) is 0 Å². The van der Waals surface area contributed by atoms with E-state index in [2.05, 4.69) is 52.4 Å². The fourth-order valence-corrected chi connectivity index (χ4v) is 5.80. The molecule has 0 atom stereocenters. The van der Waals surface area contributed by atoms with Crippen LogP contribution >= 0.6 is 0 Å². The average Bonchev–Trinajstić information content (AvgIpc) is 2.94. The first-order valence-corrected chi connectivity index (χ1v) is 18.8. The van der Waals surface area contributed by atoms with Crippen LogP contribution in [0.4, 0.5) is 0 Å². The van der Waals surface area contributed by atoms with Crippen molar-refractivity contribution in [1.29, 1.82) is 0 Å². The van der Waals surface area contributed by atoms with Gasteiger partial charge in [0.1, 0.15) is 6.54 Å². The lowest BCUT2D eigenvalue weighted by Gasteiger charge is -2.23. The summed E-state index contributed by atoms with van der Waals surface area (Å²) in [4.78, 5) is 0. The third-order valence-electron chi connectivity index (χ3n) is 8.70. The van der Waals surface area contributed by atoms with Crippen molar-refractivity contribution in [2.24, 2.45) is 0 Å². The molecule has 0 radical (unpaired) electrons. The fraction of sp³-hybridized carbons (Fsp3) is 0.897. The molecule has 0 fully saturated rings. The second-order valence-electron chi connectivity index (χ2n) is 13.6. The van der Waals surface area contributed by atoms with Crippen molar-refractivity contribution in [1.82, 2.24) is 0 Å². The van der Waals surface area contributed by atoms with E-state index in [1.54, 1.807) is 0 Å². The third kappa shape index (κ3) is 37.3. The maximum atomic E-state index is 2.43. The number of likely N-dealkylation sites (N-methyl/N-ethyl adjacent to an activating group) is 1. The number of hydrogen-bond donors (Lipinski definition) is 0. The van der Waals surface area contributed by atoms with Gasteiger partial charge in [-0.2, -0.15) is 0 Å². The summed E-state index contributed by atoms with van der Waals surface area (Å²) in [5, 5.41) is 0. The summed E-state index contributed by atoms with van der Waals surface area (Å²) >= 11 is 0. The second-order valence-corrected chi connectivity index (χ2v) is 13.6. The summed E-state index contributed by atoms with van der Waals surface area (Å²) < 4.78 is 0.980. The van der Waals surface area contributed by atoms with Crippen LogP contribution in [0.2, 0.25) is 0 Å². The van der Waals surface area contributed by atoms with Crippen LogP contribution in [-0.2, 0) is 0 Å². The Morgan fingerprint density at radius 1 is 0.341 bits per heavy atom. The van der Waals surface area contributed by atoms with E-state index in [0.717, 1.165) is 11.0 Å². The first-order chi connectivity index (χ1) is 19.6. The van der Waals surface area contributed by atoms with Crippen molar-refractivity contribution in [3.05, 3.63) is 24.4 Å². The monoisotopic (exact) mass is 580 g/mol. The molecule has 0 unspecified atom stereocenters. The van der Waals surface area contributed by atoms with Crippen molar-refractivity contribution in [2.45, 2.75) is 206 Å². The Kier molecular flexibility index (Phi) is 36.9. The van der Waals surface area contributed by atoms with Gasteiger partial charge in [0.2, 0.25) is 0 Å². The maximum Gasteiger partial charge on any atom is 0.101 e. The van der Waals surface area contributed by atoms with E-state index >= 15 is 0 Å². The van der Waals surface area contributed by atoms with Gasteiger partial charge in [0.15, 0.2) is 0 Å². The van der Waals surface area contributed by atoms with Gasteiger partial charge in [-0.25, -0.2) is 0 Å². The van der Waals surface area contributed by atoms with Crippen LogP contribution in [0.25, 0.3) is 0 Å². The molecule has 0 heterocycles. The van der Waals surface area contributed by atoms with E-state index < -0.39 is 0 Å². The summed E-state index contributed by atoms with van der Waals surface area (Å²) in [6.07, 6.45) is 52.6. The average molecular weight is 580 g/mol. The lowest BCUT2D eigenvalue weighted by Crippen LogP contribution is -3.00. The van der Waals surface area contributed by atoms with Crippen LogP contribution in [-0.4, -0.2) is 25.1 Å². The zero-order valence-electron chi connectivity index (χ0n) is 29.1. The molecule has 0 bridgehead atoms. The number of halogens is 1. The highest BCUT2D eigenvalue weighted by Crippen LogP contribution is 2.15. The molecule has 2 heteroatoms. The molecule has 0 aromatic carbocycles. The number of unbranched alkanes of at least 4 members (excludes halogenated alkanes) is 28. The number of rotatable bonds is 33. The van der Waals surface area contributed by atoms with Gasteiger partial charge in [0.25, 0.3) is 0 Å². The predicted octanol–water partition coefficient (Wildman–Crippen LogP) is 10.9. The van der Waals surface area contributed by atoms with Crippen LogP contribution in [0.5, 0.6) is 0 Å². The third-order valence-corrected chi connectivity index (χ3v) is 8.70. The van der Waals surface area contributed by atoms with E-state index in [1.165, 1.54) is 193 Å². The summed E-state index contributed by atoms with van der Waals surface area (Å²) in [5.74, 6) is 0. The zero-order chi connectivity index (χ0) is 29.2. The van der Waals surface area contributed by atoms with Gasteiger partial charge >= 0.3 is 0 Å². The summed E-state index contributed by atoms with van der Waals surface area (Å²) in [6.45, 7) is 5.73. The minimum Gasteiger partial charge on any atom is -1.00 e. The smallest absolute Gasteiger partial charge is 0.101 e. The highest BCUT2D eigenvalue weighted by molar-refractivity contribution is 4.83. The Morgan fingerprint density at radius 2 is 0.610 bits per heavy atom. The molecule has 0 N–H and O–H groups in total. The molecule has 0 saturated carbocycles. The molecular formula is C39H78FN. The molecule has 0 saturated heterocycles. The van der Waals surface area contributed by atoms with Gasteiger partial charge in [-0.15, -0.1) is 0 Å². The topological polar surface area (TPSA) is 0 Å². The molecule has 246 valence electrons. The SMILES string of the molecule is CCCCCCCCCCCCCCCCC=CC[N+](C)(C)C=CCCCCCCCCCCCCCCCC.[F-]. The molecular weight excluding hydrogens is 501 g/mol. The standard InChI is InChI=1S/C39H78N.FH/c1-5-7-9-11-13-15-17-19-21-23-25-27-29-31-33-35-37-39-40(3,4)38-36-34-32-30-28-26-24-22-20-18-16-14-12-10-8-6-2;/h35-38H,5-34,39H2,1-4H3;1H/q+1;/p-1. The maximum absolute atomic E-state index is 2.43. The molecule has 0 aliphatic heterocycles. The van der Waals surface area contributed by atoms with Crippen molar-refractivity contribution >= 4 is 0 Å². The highest BCUT2D eigenvalue weighted by Gasteiger charge is 2.07. The number of quaternary nitrogens is 1. The molecule has 0 amide bonds. The number of hydrogen-bond acceptors (Lipinski definition) is 0. The predicted molar refractivity (Wildman–Crippen MR) is 185 cm³/mol.